The van der Waals surface area contributed by atoms with E-state index in [1.165, 1.54) is 13.3 Å². The number of benzene rings is 1. The summed E-state index contributed by atoms with van der Waals surface area (Å²) in [5.74, 6) is -0.403. The van der Waals surface area contributed by atoms with Gasteiger partial charge < -0.3 is 14.9 Å². The molecule has 0 atom stereocenters. The second kappa shape index (κ2) is 5.69. The van der Waals surface area contributed by atoms with Crippen molar-refractivity contribution in [3.05, 3.63) is 53.9 Å². The maximum atomic E-state index is 11.6. The van der Waals surface area contributed by atoms with Gasteiger partial charge in [-0.15, -0.1) is 0 Å². The van der Waals surface area contributed by atoms with Crippen molar-refractivity contribution in [3.8, 4) is 11.3 Å². The van der Waals surface area contributed by atoms with Crippen molar-refractivity contribution in [1.29, 1.82) is 0 Å². The molecule has 2 heterocycles. The van der Waals surface area contributed by atoms with E-state index in [4.69, 9.17) is 9.94 Å². The molecule has 3 rings (SSSR count). The number of fused-ring (bicyclic) bond motifs is 1. The Morgan fingerprint density at radius 3 is 3.00 bits per heavy atom. The molecule has 0 aliphatic rings. The fourth-order valence-electron chi connectivity index (χ4n) is 2.30. The fourth-order valence-corrected chi connectivity index (χ4v) is 2.30. The van der Waals surface area contributed by atoms with Gasteiger partial charge in [0.1, 0.15) is 0 Å². The van der Waals surface area contributed by atoms with Crippen LogP contribution >= 0.6 is 0 Å². The SMILES string of the molecule is COC(=O)c1ccnc(-c2ccc3[nH]cc(/C=N/O)c3c2)c1. The summed E-state index contributed by atoms with van der Waals surface area (Å²) in [5.41, 5.74) is 3.65. The first-order valence-corrected chi connectivity index (χ1v) is 6.56. The molecule has 0 aliphatic carbocycles. The molecule has 2 N–H and O–H groups in total. The number of aromatic nitrogens is 2. The molecule has 0 aliphatic heterocycles. The molecule has 1 aromatic carbocycles. The number of H-pyrrole nitrogens is 1. The van der Waals surface area contributed by atoms with E-state index in [2.05, 4.69) is 15.1 Å². The van der Waals surface area contributed by atoms with E-state index in [-0.39, 0.29) is 0 Å². The molecule has 3 aromatic rings. The third kappa shape index (κ3) is 2.42. The fraction of sp³-hybridized carbons (Fsp3) is 0.0625. The summed E-state index contributed by atoms with van der Waals surface area (Å²) in [5, 5.41) is 12.7. The van der Waals surface area contributed by atoms with Gasteiger partial charge in [-0.3, -0.25) is 4.98 Å². The van der Waals surface area contributed by atoms with E-state index < -0.39 is 5.97 Å². The second-order valence-electron chi connectivity index (χ2n) is 4.67. The topological polar surface area (TPSA) is 87.6 Å². The summed E-state index contributed by atoms with van der Waals surface area (Å²) in [6.07, 6.45) is 4.69. The number of rotatable bonds is 3. The van der Waals surface area contributed by atoms with E-state index >= 15 is 0 Å². The zero-order chi connectivity index (χ0) is 15.5. The zero-order valence-corrected chi connectivity index (χ0v) is 11.8. The molecule has 6 nitrogen and oxygen atoms in total. The highest BCUT2D eigenvalue weighted by molar-refractivity contribution is 6.00. The molecule has 6 heteroatoms. The Balaban J connectivity index is 2.10. The molecular formula is C16H13N3O3. The first-order valence-electron chi connectivity index (χ1n) is 6.56. The van der Waals surface area contributed by atoms with E-state index in [9.17, 15) is 4.79 Å². The van der Waals surface area contributed by atoms with Gasteiger partial charge in [-0.2, -0.15) is 0 Å². The van der Waals surface area contributed by atoms with Crippen LogP contribution in [0.15, 0.2) is 47.9 Å². The van der Waals surface area contributed by atoms with Gasteiger partial charge in [-0.05, 0) is 24.3 Å². The molecule has 0 radical (unpaired) electrons. The molecule has 0 amide bonds. The summed E-state index contributed by atoms with van der Waals surface area (Å²) in [6, 6.07) is 9.02. The maximum Gasteiger partial charge on any atom is 0.337 e. The van der Waals surface area contributed by atoms with Crippen LogP contribution in [0.5, 0.6) is 0 Å². The lowest BCUT2D eigenvalue weighted by molar-refractivity contribution is 0.0600. The molecule has 0 saturated heterocycles. The van der Waals surface area contributed by atoms with E-state index in [1.54, 1.807) is 24.5 Å². The summed E-state index contributed by atoms with van der Waals surface area (Å²) in [4.78, 5) is 19.0. The van der Waals surface area contributed by atoms with Gasteiger partial charge in [0.05, 0.1) is 24.6 Å². The number of ether oxygens (including phenoxy) is 1. The Hall–Kier alpha value is -3.15. The highest BCUT2D eigenvalue weighted by Gasteiger charge is 2.09. The van der Waals surface area contributed by atoms with Gasteiger partial charge in [-0.1, -0.05) is 11.2 Å². The lowest BCUT2D eigenvalue weighted by Gasteiger charge is -2.04. The average Bonchev–Trinajstić information content (AvgIpc) is 2.97. The number of nitrogens with zero attached hydrogens (tertiary/aromatic N) is 2. The number of esters is 1. The Morgan fingerprint density at radius 1 is 1.36 bits per heavy atom. The molecule has 0 spiro atoms. The van der Waals surface area contributed by atoms with E-state index in [0.717, 1.165) is 22.0 Å². The predicted octanol–water partition coefficient (Wildman–Crippen LogP) is 2.82. The number of hydrogen-bond acceptors (Lipinski definition) is 5. The minimum absolute atomic E-state index is 0.403. The number of carbonyl (C=O) groups is 1. The normalized spacial score (nSPS) is 11.1. The van der Waals surface area contributed by atoms with Crippen LogP contribution in [0, 0.1) is 0 Å². The van der Waals surface area contributed by atoms with Gasteiger partial charge in [0.15, 0.2) is 0 Å². The number of oxime groups is 1. The summed E-state index contributed by atoms with van der Waals surface area (Å²) < 4.78 is 4.72. The summed E-state index contributed by atoms with van der Waals surface area (Å²) >= 11 is 0. The maximum absolute atomic E-state index is 11.6. The number of methoxy groups -OCH3 is 1. The molecule has 0 bridgehead atoms. The third-order valence-corrected chi connectivity index (χ3v) is 3.39. The van der Waals surface area contributed by atoms with Crippen LogP contribution in [0.2, 0.25) is 0 Å². The van der Waals surface area contributed by atoms with Crippen LogP contribution in [0.25, 0.3) is 22.2 Å². The summed E-state index contributed by atoms with van der Waals surface area (Å²) in [6.45, 7) is 0. The first-order chi connectivity index (χ1) is 10.7. The largest absolute Gasteiger partial charge is 0.465 e. The lowest BCUT2D eigenvalue weighted by atomic mass is 10.1. The van der Waals surface area contributed by atoms with Crippen molar-refractivity contribution in [3.63, 3.8) is 0 Å². The monoisotopic (exact) mass is 295 g/mol. The van der Waals surface area contributed by atoms with Crippen molar-refractivity contribution < 1.29 is 14.7 Å². The van der Waals surface area contributed by atoms with Crippen molar-refractivity contribution in [2.75, 3.05) is 7.11 Å². The van der Waals surface area contributed by atoms with Gasteiger partial charge >= 0.3 is 5.97 Å². The van der Waals surface area contributed by atoms with Crippen LogP contribution < -0.4 is 0 Å². The van der Waals surface area contributed by atoms with Gasteiger partial charge in [0, 0.05) is 34.4 Å². The van der Waals surface area contributed by atoms with Crippen LogP contribution in [-0.2, 0) is 4.74 Å². The minimum atomic E-state index is -0.403. The Bertz CT molecular complexity index is 868. The number of nitrogens with one attached hydrogen (secondary N) is 1. The average molecular weight is 295 g/mol. The highest BCUT2D eigenvalue weighted by Crippen LogP contribution is 2.25. The lowest BCUT2D eigenvalue weighted by Crippen LogP contribution is -2.01. The van der Waals surface area contributed by atoms with Crippen LogP contribution in [-0.4, -0.2) is 34.5 Å². The Kier molecular flexibility index (Phi) is 3.57. The van der Waals surface area contributed by atoms with Gasteiger partial charge in [0.2, 0.25) is 0 Å². The van der Waals surface area contributed by atoms with Crippen LogP contribution in [0.4, 0.5) is 0 Å². The van der Waals surface area contributed by atoms with Gasteiger partial charge in [-0.25, -0.2) is 4.79 Å². The molecular weight excluding hydrogens is 282 g/mol. The number of hydrogen-bond donors (Lipinski definition) is 2. The number of aromatic amines is 1. The Morgan fingerprint density at radius 2 is 2.23 bits per heavy atom. The Labute approximate surface area is 126 Å². The number of pyridine rings is 1. The molecule has 22 heavy (non-hydrogen) atoms. The molecule has 110 valence electrons. The zero-order valence-electron chi connectivity index (χ0n) is 11.8. The summed E-state index contributed by atoms with van der Waals surface area (Å²) in [7, 11) is 1.34. The molecule has 0 fully saturated rings. The van der Waals surface area contributed by atoms with Crippen molar-refractivity contribution in [1.82, 2.24) is 9.97 Å². The molecule has 0 unspecified atom stereocenters. The quantitative estimate of drug-likeness (QED) is 0.336. The third-order valence-electron chi connectivity index (χ3n) is 3.39. The smallest absolute Gasteiger partial charge is 0.337 e. The minimum Gasteiger partial charge on any atom is -0.465 e. The van der Waals surface area contributed by atoms with Crippen molar-refractivity contribution in [2.24, 2.45) is 5.16 Å². The van der Waals surface area contributed by atoms with E-state index in [0.29, 0.717) is 11.3 Å². The van der Waals surface area contributed by atoms with Crippen molar-refractivity contribution in [2.45, 2.75) is 0 Å². The number of carbonyl (C=O) groups excluding carboxylic acids is 1. The highest BCUT2D eigenvalue weighted by atomic mass is 16.5. The standard InChI is InChI=1S/C16H13N3O3/c1-22-16(20)11-4-5-17-15(7-11)10-2-3-14-13(6-10)12(8-18-14)9-19-21/h2-9,18,21H,1H3/b19-9+. The predicted molar refractivity (Wildman–Crippen MR) is 82.2 cm³/mol. The molecule has 2 aromatic heterocycles. The van der Waals surface area contributed by atoms with Crippen LogP contribution in [0.3, 0.4) is 0 Å². The van der Waals surface area contributed by atoms with Crippen LogP contribution in [0.1, 0.15) is 15.9 Å². The van der Waals surface area contributed by atoms with Gasteiger partial charge in [0.25, 0.3) is 0 Å². The van der Waals surface area contributed by atoms with E-state index in [1.807, 2.05) is 18.2 Å². The second-order valence-corrected chi connectivity index (χ2v) is 4.67. The van der Waals surface area contributed by atoms with Crippen molar-refractivity contribution >= 4 is 23.1 Å². The first kappa shape index (κ1) is 13.8. The molecule has 0 saturated carbocycles.